The first kappa shape index (κ1) is 13.5. The SMILES string of the molecule is CC(Nc1cccc(Br)c1C(N)=S)c1nccs1. The maximum atomic E-state index is 5.76. The van der Waals surface area contributed by atoms with E-state index in [-0.39, 0.29) is 6.04 Å². The highest BCUT2D eigenvalue weighted by Gasteiger charge is 2.13. The molecule has 6 heteroatoms. The first-order chi connectivity index (χ1) is 8.59. The molecule has 0 aliphatic heterocycles. The fraction of sp³-hybridized carbons (Fsp3) is 0.167. The van der Waals surface area contributed by atoms with E-state index in [0.29, 0.717) is 4.99 Å². The van der Waals surface area contributed by atoms with Crippen molar-refractivity contribution in [1.82, 2.24) is 4.98 Å². The second-order valence-corrected chi connectivity index (χ2v) is 5.98. The van der Waals surface area contributed by atoms with E-state index < -0.39 is 0 Å². The minimum absolute atomic E-state index is 0.118. The van der Waals surface area contributed by atoms with E-state index in [1.54, 1.807) is 17.5 Å². The Morgan fingerprint density at radius 2 is 2.33 bits per heavy atom. The van der Waals surface area contributed by atoms with Crippen LogP contribution in [0.5, 0.6) is 0 Å². The molecule has 94 valence electrons. The zero-order chi connectivity index (χ0) is 13.1. The smallest absolute Gasteiger partial charge is 0.115 e. The monoisotopic (exact) mass is 341 g/mol. The number of halogens is 1. The van der Waals surface area contributed by atoms with Crippen LogP contribution in [0.3, 0.4) is 0 Å². The van der Waals surface area contributed by atoms with Crippen molar-refractivity contribution in [2.75, 3.05) is 5.32 Å². The molecule has 18 heavy (non-hydrogen) atoms. The summed E-state index contributed by atoms with van der Waals surface area (Å²) in [6, 6.07) is 5.95. The molecule has 0 aliphatic carbocycles. The van der Waals surface area contributed by atoms with Gasteiger partial charge in [-0.3, -0.25) is 0 Å². The summed E-state index contributed by atoms with van der Waals surface area (Å²) in [5.41, 5.74) is 7.50. The fourth-order valence-electron chi connectivity index (χ4n) is 1.64. The van der Waals surface area contributed by atoms with Crippen LogP contribution in [0.4, 0.5) is 5.69 Å². The number of benzene rings is 1. The molecule has 2 aromatic rings. The standard InChI is InChI=1S/C12H12BrN3S2/c1-7(12-15-5-6-18-12)16-9-4-2-3-8(13)10(9)11(14)17/h2-7,16H,1H3,(H2,14,17). The lowest BCUT2D eigenvalue weighted by molar-refractivity contribution is 0.869. The zero-order valence-corrected chi connectivity index (χ0v) is 12.9. The predicted octanol–water partition coefficient (Wildman–Crippen LogP) is 3.71. The Bertz CT molecular complexity index is 554. The molecular formula is C12H12BrN3S2. The lowest BCUT2D eigenvalue weighted by atomic mass is 10.1. The molecule has 1 aromatic heterocycles. The van der Waals surface area contributed by atoms with Gasteiger partial charge in [-0.2, -0.15) is 0 Å². The number of nitrogens with one attached hydrogen (secondary N) is 1. The van der Waals surface area contributed by atoms with Crippen molar-refractivity contribution in [3.63, 3.8) is 0 Å². The Morgan fingerprint density at radius 1 is 1.56 bits per heavy atom. The first-order valence-electron chi connectivity index (χ1n) is 5.34. The van der Waals surface area contributed by atoms with Crippen LogP contribution in [-0.4, -0.2) is 9.97 Å². The summed E-state index contributed by atoms with van der Waals surface area (Å²) < 4.78 is 0.895. The van der Waals surface area contributed by atoms with Gasteiger partial charge in [0.05, 0.1) is 6.04 Å². The molecule has 0 radical (unpaired) electrons. The summed E-state index contributed by atoms with van der Waals surface area (Å²) >= 11 is 10.2. The van der Waals surface area contributed by atoms with Crippen LogP contribution >= 0.6 is 39.5 Å². The molecule has 3 N–H and O–H groups in total. The Kier molecular flexibility index (Phi) is 4.31. The average Bonchev–Trinajstić information content (AvgIpc) is 2.81. The van der Waals surface area contributed by atoms with E-state index in [0.717, 1.165) is 20.7 Å². The van der Waals surface area contributed by atoms with Crippen LogP contribution in [0.15, 0.2) is 34.2 Å². The molecule has 0 amide bonds. The molecule has 1 aromatic carbocycles. The predicted molar refractivity (Wildman–Crippen MR) is 84.2 cm³/mol. The molecule has 1 atom stereocenters. The molecule has 0 saturated carbocycles. The van der Waals surface area contributed by atoms with E-state index in [4.69, 9.17) is 18.0 Å². The number of anilines is 1. The highest BCUT2D eigenvalue weighted by atomic mass is 79.9. The van der Waals surface area contributed by atoms with Crippen molar-refractivity contribution in [2.24, 2.45) is 5.73 Å². The quantitative estimate of drug-likeness (QED) is 0.832. The average molecular weight is 342 g/mol. The van der Waals surface area contributed by atoms with Gasteiger partial charge < -0.3 is 11.1 Å². The Labute approximate surface area is 124 Å². The van der Waals surface area contributed by atoms with E-state index >= 15 is 0 Å². The van der Waals surface area contributed by atoms with E-state index in [1.807, 2.05) is 23.6 Å². The largest absolute Gasteiger partial charge is 0.389 e. The molecule has 0 aliphatic rings. The van der Waals surface area contributed by atoms with Gasteiger partial charge in [-0.05, 0) is 35.0 Å². The summed E-state index contributed by atoms with van der Waals surface area (Å²) in [7, 11) is 0. The van der Waals surface area contributed by atoms with Crippen molar-refractivity contribution in [1.29, 1.82) is 0 Å². The molecule has 1 heterocycles. The first-order valence-corrected chi connectivity index (χ1v) is 7.42. The van der Waals surface area contributed by atoms with E-state index in [2.05, 4.69) is 33.2 Å². The Morgan fingerprint density at radius 3 is 2.94 bits per heavy atom. The number of aromatic nitrogens is 1. The third kappa shape index (κ3) is 2.88. The van der Waals surface area contributed by atoms with Crippen molar-refractivity contribution in [3.05, 3.63) is 44.8 Å². The van der Waals surface area contributed by atoms with E-state index in [9.17, 15) is 0 Å². The number of thiazole rings is 1. The summed E-state index contributed by atoms with van der Waals surface area (Å²) in [6.45, 7) is 2.06. The maximum absolute atomic E-state index is 5.76. The number of nitrogens with two attached hydrogens (primary N) is 1. The lowest BCUT2D eigenvalue weighted by Crippen LogP contribution is -2.15. The minimum atomic E-state index is 0.118. The number of thiocarbonyl (C=S) groups is 1. The van der Waals surface area contributed by atoms with Gasteiger partial charge >= 0.3 is 0 Å². The number of rotatable bonds is 4. The molecule has 0 saturated heterocycles. The molecule has 1 unspecified atom stereocenters. The van der Waals surface area contributed by atoms with Crippen molar-refractivity contribution in [3.8, 4) is 0 Å². The second kappa shape index (κ2) is 5.77. The van der Waals surface area contributed by atoms with Crippen molar-refractivity contribution in [2.45, 2.75) is 13.0 Å². The fourth-order valence-corrected chi connectivity index (χ4v) is 3.21. The molecule has 0 spiro atoms. The van der Waals surface area contributed by atoms with Crippen LogP contribution in [-0.2, 0) is 0 Å². The third-order valence-electron chi connectivity index (χ3n) is 2.45. The van der Waals surface area contributed by atoms with E-state index in [1.165, 1.54) is 0 Å². The maximum Gasteiger partial charge on any atom is 0.115 e. The zero-order valence-electron chi connectivity index (χ0n) is 9.68. The van der Waals surface area contributed by atoms with Gasteiger partial charge in [0.25, 0.3) is 0 Å². The van der Waals surface area contributed by atoms with Crippen LogP contribution in [0.25, 0.3) is 0 Å². The number of hydrogen-bond acceptors (Lipinski definition) is 4. The van der Waals surface area contributed by atoms with Crippen LogP contribution < -0.4 is 11.1 Å². The normalized spacial score (nSPS) is 12.1. The summed E-state index contributed by atoms with van der Waals surface area (Å²) in [5.74, 6) is 0. The van der Waals surface area contributed by atoms with Crippen molar-refractivity contribution < 1.29 is 0 Å². The van der Waals surface area contributed by atoms with Gasteiger partial charge in [0.2, 0.25) is 0 Å². The molecule has 0 bridgehead atoms. The number of hydrogen-bond donors (Lipinski definition) is 2. The molecule has 3 nitrogen and oxygen atoms in total. The lowest BCUT2D eigenvalue weighted by Gasteiger charge is -2.16. The van der Waals surface area contributed by atoms with Crippen LogP contribution in [0, 0.1) is 0 Å². The molecule has 0 fully saturated rings. The van der Waals surface area contributed by atoms with Gasteiger partial charge in [0.15, 0.2) is 0 Å². The van der Waals surface area contributed by atoms with Gasteiger partial charge in [-0.15, -0.1) is 11.3 Å². The summed E-state index contributed by atoms with van der Waals surface area (Å²) in [6.07, 6.45) is 1.80. The van der Waals surface area contributed by atoms with Gasteiger partial charge in [0.1, 0.15) is 10.00 Å². The highest BCUT2D eigenvalue weighted by Crippen LogP contribution is 2.28. The third-order valence-corrected chi connectivity index (χ3v) is 4.28. The van der Waals surface area contributed by atoms with Crippen LogP contribution in [0.1, 0.15) is 23.5 Å². The second-order valence-electron chi connectivity index (χ2n) is 3.76. The molecular weight excluding hydrogens is 330 g/mol. The minimum Gasteiger partial charge on any atom is -0.389 e. The molecule has 2 rings (SSSR count). The topological polar surface area (TPSA) is 50.9 Å². The Hall–Kier alpha value is -0.980. The van der Waals surface area contributed by atoms with Gasteiger partial charge in [0, 0.05) is 27.3 Å². The van der Waals surface area contributed by atoms with Gasteiger partial charge in [-0.1, -0.05) is 18.3 Å². The van der Waals surface area contributed by atoms with Gasteiger partial charge in [-0.25, -0.2) is 4.98 Å². The summed E-state index contributed by atoms with van der Waals surface area (Å²) in [5, 5.41) is 6.38. The Balaban J connectivity index is 2.29. The van der Waals surface area contributed by atoms with Crippen molar-refractivity contribution >= 4 is 50.2 Å². The highest BCUT2D eigenvalue weighted by molar-refractivity contribution is 9.10. The summed E-state index contributed by atoms with van der Waals surface area (Å²) in [4.78, 5) is 4.66. The number of nitrogens with zero attached hydrogens (tertiary/aromatic N) is 1. The van der Waals surface area contributed by atoms with Crippen LogP contribution in [0.2, 0.25) is 0 Å².